The average molecular weight is 457 g/mol. The molecule has 0 bridgehead atoms. The SMILES string of the molecule is CC(C)OC(=O)N1CCC(ONC2=CCN(c3ncc(Br)cc3F)CC2)CC1. The summed E-state index contributed by atoms with van der Waals surface area (Å²) < 4.78 is 19.9. The number of aromatic nitrogens is 1. The number of hydrogen-bond donors (Lipinski definition) is 1. The minimum atomic E-state index is -0.335. The van der Waals surface area contributed by atoms with Gasteiger partial charge in [-0.05, 0) is 54.8 Å². The molecule has 28 heavy (non-hydrogen) atoms. The number of likely N-dealkylation sites (tertiary alicyclic amines) is 1. The second-order valence-electron chi connectivity index (χ2n) is 7.22. The second-order valence-corrected chi connectivity index (χ2v) is 8.14. The fraction of sp³-hybridized carbons (Fsp3) is 0.579. The highest BCUT2D eigenvalue weighted by atomic mass is 79.9. The van der Waals surface area contributed by atoms with E-state index in [1.54, 1.807) is 11.1 Å². The van der Waals surface area contributed by atoms with Crippen molar-refractivity contribution >= 4 is 27.8 Å². The van der Waals surface area contributed by atoms with Crippen LogP contribution < -0.4 is 10.4 Å². The van der Waals surface area contributed by atoms with E-state index in [1.165, 1.54) is 6.07 Å². The Morgan fingerprint density at radius 1 is 1.36 bits per heavy atom. The van der Waals surface area contributed by atoms with Gasteiger partial charge in [0, 0.05) is 49.0 Å². The van der Waals surface area contributed by atoms with Crippen LogP contribution in [0, 0.1) is 5.82 Å². The summed E-state index contributed by atoms with van der Waals surface area (Å²) in [5, 5.41) is 0. The summed E-state index contributed by atoms with van der Waals surface area (Å²) in [7, 11) is 0. The maximum atomic E-state index is 14.0. The van der Waals surface area contributed by atoms with Crippen LogP contribution in [0.1, 0.15) is 33.1 Å². The summed E-state index contributed by atoms with van der Waals surface area (Å²) in [4.78, 5) is 25.5. The smallest absolute Gasteiger partial charge is 0.410 e. The molecule has 9 heteroatoms. The summed E-state index contributed by atoms with van der Waals surface area (Å²) in [5.41, 5.74) is 4.02. The van der Waals surface area contributed by atoms with Gasteiger partial charge in [-0.3, -0.25) is 10.3 Å². The van der Waals surface area contributed by atoms with E-state index in [0.717, 1.165) is 25.0 Å². The quantitative estimate of drug-likeness (QED) is 0.682. The van der Waals surface area contributed by atoms with Gasteiger partial charge in [-0.1, -0.05) is 0 Å². The Morgan fingerprint density at radius 2 is 2.11 bits per heavy atom. The lowest BCUT2D eigenvalue weighted by atomic mass is 10.1. The molecular weight excluding hydrogens is 431 g/mol. The van der Waals surface area contributed by atoms with Crippen molar-refractivity contribution in [3.63, 3.8) is 0 Å². The Labute approximate surface area is 173 Å². The van der Waals surface area contributed by atoms with Gasteiger partial charge in [0.2, 0.25) is 0 Å². The van der Waals surface area contributed by atoms with Crippen molar-refractivity contribution < 1.29 is 18.8 Å². The first kappa shape index (κ1) is 20.9. The zero-order valence-electron chi connectivity index (χ0n) is 16.2. The molecule has 1 N–H and O–H groups in total. The van der Waals surface area contributed by atoms with E-state index >= 15 is 0 Å². The molecule has 0 aromatic carbocycles. The Kier molecular flexibility index (Phi) is 7.12. The highest BCUT2D eigenvalue weighted by molar-refractivity contribution is 9.10. The molecule has 1 aromatic heterocycles. The molecule has 1 amide bonds. The highest BCUT2D eigenvalue weighted by Crippen LogP contribution is 2.23. The second kappa shape index (κ2) is 9.56. The van der Waals surface area contributed by atoms with E-state index in [4.69, 9.17) is 9.57 Å². The third kappa shape index (κ3) is 5.57. The molecular formula is C19H26BrFN4O3. The Morgan fingerprint density at radius 3 is 2.71 bits per heavy atom. The fourth-order valence-electron chi connectivity index (χ4n) is 3.19. The molecule has 0 radical (unpaired) electrons. The van der Waals surface area contributed by atoms with Gasteiger partial charge in [-0.25, -0.2) is 14.2 Å². The van der Waals surface area contributed by atoms with Gasteiger partial charge in [0.25, 0.3) is 0 Å². The monoisotopic (exact) mass is 456 g/mol. The molecule has 0 aliphatic carbocycles. The van der Waals surface area contributed by atoms with Crippen molar-refractivity contribution in [3.05, 3.63) is 34.3 Å². The summed E-state index contributed by atoms with van der Waals surface area (Å²) in [6, 6.07) is 1.42. The number of amides is 1. The maximum Gasteiger partial charge on any atom is 0.410 e. The number of nitrogens with one attached hydrogen (secondary N) is 1. The van der Waals surface area contributed by atoms with Gasteiger partial charge in [-0.2, -0.15) is 0 Å². The summed E-state index contributed by atoms with van der Waals surface area (Å²) in [6.45, 7) is 6.16. The van der Waals surface area contributed by atoms with E-state index in [0.29, 0.717) is 36.5 Å². The molecule has 2 aliphatic rings. The number of carbonyl (C=O) groups is 1. The van der Waals surface area contributed by atoms with Crippen LogP contribution in [0.25, 0.3) is 0 Å². The Hall–Kier alpha value is -1.87. The lowest BCUT2D eigenvalue weighted by Gasteiger charge is -2.32. The topological polar surface area (TPSA) is 66.9 Å². The van der Waals surface area contributed by atoms with E-state index in [2.05, 4.69) is 26.4 Å². The number of hydrogen-bond acceptors (Lipinski definition) is 6. The average Bonchev–Trinajstić information content (AvgIpc) is 2.67. The summed E-state index contributed by atoms with van der Waals surface area (Å²) in [5.74, 6) is 0.0262. The minimum Gasteiger partial charge on any atom is -0.447 e. The zero-order chi connectivity index (χ0) is 20.1. The van der Waals surface area contributed by atoms with E-state index in [-0.39, 0.29) is 24.1 Å². The molecule has 1 aromatic rings. The molecule has 3 heterocycles. The molecule has 3 rings (SSSR count). The first-order chi connectivity index (χ1) is 13.4. The van der Waals surface area contributed by atoms with Gasteiger partial charge in [-0.15, -0.1) is 0 Å². The Bertz CT molecular complexity index is 723. The number of piperidine rings is 1. The molecule has 1 saturated heterocycles. The highest BCUT2D eigenvalue weighted by Gasteiger charge is 2.25. The van der Waals surface area contributed by atoms with Crippen molar-refractivity contribution in [2.75, 3.05) is 31.1 Å². The van der Waals surface area contributed by atoms with Crippen LogP contribution in [-0.2, 0) is 9.57 Å². The van der Waals surface area contributed by atoms with Gasteiger partial charge >= 0.3 is 6.09 Å². The van der Waals surface area contributed by atoms with Gasteiger partial charge in [0.1, 0.15) is 0 Å². The molecule has 1 fully saturated rings. The third-order valence-electron chi connectivity index (χ3n) is 4.69. The van der Waals surface area contributed by atoms with Crippen LogP contribution in [0.3, 0.4) is 0 Å². The minimum absolute atomic E-state index is 0.0487. The molecule has 7 nitrogen and oxygen atoms in total. The van der Waals surface area contributed by atoms with Gasteiger partial charge in [0.05, 0.1) is 12.2 Å². The summed E-state index contributed by atoms with van der Waals surface area (Å²) >= 11 is 3.22. The molecule has 0 unspecified atom stereocenters. The number of rotatable bonds is 5. The fourth-order valence-corrected chi connectivity index (χ4v) is 3.49. The maximum absolute atomic E-state index is 14.0. The van der Waals surface area contributed by atoms with Crippen LogP contribution in [0.5, 0.6) is 0 Å². The first-order valence-corrected chi connectivity index (χ1v) is 10.3. The van der Waals surface area contributed by atoms with E-state index in [1.807, 2.05) is 24.8 Å². The standard InChI is InChI=1S/C19H26BrFN4O3/c1-13(2)27-19(26)25-9-5-16(6-10-25)28-23-15-3-7-24(8-4-15)18-17(21)11-14(20)12-22-18/h3,11-13,16,23H,4-10H2,1-2H3. The number of halogens is 2. The lowest BCUT2D eigenvalue weighted by Crippen LogP contribution is -2.43. The normalized spacial score (nSPS) is 18.2. The zero-order valence-corrected chi connectivity index (χ0v) is 17.7. The number of nitrogens with zero attached hydrogens (tertiary/aromatic N) is 3. The van der Waals surface area contributed by atoms with Crippen LogP contribution in [0.2, 0.25) is 0 Å². The van der Waals surface area contributed by atoms with Crippen molar-refractivity contribution in [1.82, 2.24) is 15.4 Å². The van der Waals surface area contributed by atoms with Crippen LogP contribution >= 0.6 is 15.9 Å². The predicted molar refractivity (Wildman–Crippen MR) is 107 cm³/mol. The number of pyridine rings is 1. The van der Waals surface area contributed by atoms with Crippen molar-refractivity contribution in [3.8, 4) is 0 Å². The molecule has 0 spiro atoms. The molecule has 0 saturated carbocycles. The molecule has 0 atom stereocenters. The van der Waals surface area contributed by atoms with E-state index < -0.39 is 0 Å². The largest absolute Gasteiger partial charge is 0.447 e. The Balaban J connectivity index is 1.42. The number of ether oxygens (including phenoxy) is 1. The third-order valence-corrected chi connectivity index (χ3v) is 5.12. The van der Waals surface area contributed by atoms with Crippen molar-refractivity contribution in [2.24, 2.45) is 0 Å². The van der Waals surface area contributed by atoms with Gasteiger partial charge in [0.15, 0.2) is 11.6 Å². The molecule has 2 aliphatic heterocycles. The first-order valence-electron chi connectivity index (χ1n) is 9.54. The van der Waals surface area contributed by atoms with Crippen LogP contribution in [0.15, 0.2) is 28.5 Å². The van der Waals surface area contributed by atoms with Gasteiger partial charge < -0.3 is 14.5 Å². The number of hydroxylamine groups is 1. The predicted octanol–water partition coefficient (Wildman–Crippen LogP) is 3.61. The van der Waals surface area contributed by atoms with E-state index in [9.17, 15) is 9.18 Å². The lowest BCUT2D eigenvalue weighted by molar-refractivity contribution is -0.0416. The van der Waals surface area contributed by atoms with Crippen molar-refractivity contribution in [2.45, 2.75) is 45.3 Å². The van der Waals surface area contributed by atoms with Crippen molar-refractivity contribution in [1.29, 1.82) is 0 Å². The van der Waals surface area contributed by atoms with Crippen LogP contribution in [0.4, 0.5) is 15.0 Å². The number of carbonyl (C=O) groups excluding carboxylic acids is 1. The van der Waals surface area contributed by atoms with Crippen LogP contribution in [-0.4, -0.2) is 54.4 Å². The number of anilines is 1. The molecule has 154 valence electrons. The summed E-state index contributed by atoms with van der Waals surface area (Å²) in [6.07, 6.45) is 5.50.